The van der Waals surface area contributed by atoms with Gasteiger partial charge < -0.3 is 33.8 Å². The Hall–Kier alpha value is -1.94. The third kappa shape index (κ3) is 69.2. The molecule has 0 aromatic rings. The molecule has 0 aromatic heterocycles. The first-order valence-corrected chi connectivity index (χ1v) is 43.2. The molecule has 0 saturated heterocycles. The number of hydrogen-bond donors (Lipinski definition) is 3. The lowest BCUT2D eigenvalue weighted by molar-refractivity contribution is -0.161. The van der Waals surface area contributed by atoms with Crippen LogP contribution in [0.25, 0.3) is 0 Å². The lowest BCUT2D eigenvalue weighted by atomic mass is 9.99. The molecule has 19 heteroatoms. The van der Waals surface area contributed by atoms with Gasteiger partial charge in [0.1, 0.15) is 19.3 Å². The molecule has 0 aliphatic carbocycles. The molecule has 3 N–H and O–H groups in total. The van der Waals surface area contributed by atoms with Gasteiger partial charge in [0.15, 0.2) is 12.2 Å². The van der Waals surface area contributed by atoms with E-state index in [1.54, 1.807) is 0 Å². The van der Waals surface area contributed by atoms with Crippen molar-refractivity contribution in [2.75, 3.05) is 39.6 Å². The predicted molar refractivity (Wildman–Crippen MR) is 391 cm³/mol. The Morgan fingerprint density at radius 2 is 0.500 bits per heavy atom. The maximum atomic E-state index is 13.1. The normalized spacial score (nSPS) is 14.2. The number of hydrogen-bond acceptors (Lipinski definition) is 15. The van der Waals surface area contributed by atoms with Gasteiger partial charge in [-0.3, -0.25) is 37.3 Å². The summed E-state index contributed by atoms with van der Waals surface area (Å²) in [6, 6.07) is 0. The number of phosphoric ester groups is 2. The number of rotatable bonds is 77. The molecule has 6 atom stereocenters. The Morgan fingerprint density at radius 1 is 0.292 bits per heavy atom. The molecular weight excluding hydrogens is 1260 g/mol. The topological polar surface area (TPSA) is 237 Å². The zero-order valence-electron chi connectivity index (χ0n) is 62.5. The van der Waals surface area contributed by atoms with E-state index in [1.165, 1.54) is 231 Å². The minimum absolute atomic E-state index is 0.108. The van der Waals surface area contributed by atoms with E-state index >= 15 is 0 Å². The highest BCUT2D eigenvalue weighted by Gasteiger charge is 2.30. The Balaban J connectivity index is 5.24. The molecule has 0 fully saturated rings. The molecular formula is C77H150O17P2. The van der Waals surface area contributed by atoms with Gasteiger partial charge in [0.05, 0.1) is 26.4 Å². The predicted octanol–water partition coefficient (Wildman–Crippen LogP) is 22.9. The van der Waals surface area contributed by atoms with E-state index in [-0.39, 0.29) is 25.7 Å². The maximum Gasteiger partial charge on any atom is 0.472 e. The first-order valence-electron chi connectivity index (χ1n) is 40.2. The van der Waals surface area contributed by atoms with Crippen molar-refractivity contribution in [2.45, 2.75) is 425 Å². The second-order valence-electron chi connectivity index (χ2n) is 28.0. The van der Waals surface area contributed by atoms with E-state index in [2.05, 4.69) is 34.6 Å². The largest absolute Gasteiger partial charge is 0.472 e. The lowest BCUT2D eigenvalue weighted by Crippen LogP contribution is -2.30. The molecule has 0 rings (SSSR count). The summed E-state index contributed by atoms with van der Waals surface area (Å²) in [6.45, 7) is 7.35. The van der Waals surface area contributed by atoms with Crippen LogP contribution in [0.5, 0.6) is 0 Å². The van der Waals surface area contributed by atoms with Gasteiger partial charge in [-0.2, -0.15) is 0 Å². The van der Waals surface area contributed by atoms with Gasteiger partial charge in [-0.1, -0.05) is 356 Å². The average molecular weight is 1410 g/mol. The van der Waals surface area contributed by atoms with Gasteiger partial charge in [0.25, 0.3) is 0 Å². The highest BCUT2D eigenvalue weighted by Crippen LogP contribution is 2.45. The maximum absolute atomic E-state index is 13.1. The van der Waals surface area contributed by atoms with E-state index < -0.39 is 97.5 Å². The van der Waals surface area contributed by atoms with Crippen LogP contribution in [0.3, 0.4) is 0 Å². The Morgan fingerprint density at radius 3 is 0.740 bits per heavy atom. The van der Waals surface area contributed by atoms with Gasteiger partial charge in [-0.05, 0) is 31.6 Å². The first kappa shape index (κ1) is 94.1. The molecule has 96 heavy (non-hydrogen) atoms. The highest BCUT2D eigenvalue weighted by atomic mass is 31.2. The van der Waals surface area contributed by atoms with E-state index in [0.29, 0.717) is 25.7 Å². The van der Waals surface area contributed by atoms with Crippen LogP contribution in [0.15, 0.2) is 0 Å². The molecule has 3 unspecified atom stereocenters. The van der Waals surface area contributed by atoms with Crippen LogP contribution < -0.4 is 0 Å². The number of aliphatic hydroxyl groups excluding tert-OH is 1. The van der Waals surface area contributed by atoms with Crippen molar-refractivity contribution >= 4 is 39.5 Å². The monoisotopic (exact) mass is 1410 g/mol. The second kappa shape index (κ2) is 70.1. The van der Waals surface area contributed by atoms with Crippen molar-refractivity contribution in [2.24, 2.45) is 5.92 Å². The molecule has 0 heterocycles. The molecule has 0 aromatic carbocycles. The van der Waals surface area contributed by atoms with Crippen molar-refractivity contribution in [3.8, 4) is 0 Å². The lowest BCUT2D eigenvalue weighted by Gasteiger charge is -2.21. The number of carbonyl (C=O) groups is 4. The van der Waals surface area contributed by atoms with E-state index in [0.717, 1.165) is 95.8 Å². The van der Waals surface area contributed by atoms with Crippen LogP contribution in [0, 0.1) is 5.92 Å². The minimum Gasteiger partial charge on any atom is -0.462 e. The van der Waals surface area contributed by atoms with Crippen LogP contribution >= 0.6 is 15.6 Å². The number of ether oxygens (including phenoxy) is 4. The molecule has 0 bridgehead atoms. The van der Waals surface area contributed by atoms with Crippen molar-refractivity contribution in [1.82, 2.24) is 0 Å². The summed E-state index contributed by atoms with van der Waals surface area (Å²) in [5.74, 6) is -1.26. The third-order valence-electron chi connectivity index (χ3n) is 18.4. The zero-order valence-corrected chi connectivity index (χ0v) is 64.3. The summed E-state index contributed by atoms with van der Waals surface area (Å²) in [5.41, 5.74) is 0. The zero-order chi connectivity index (χ0) is 70.5. The Bertz CT molecular complexity index is 1840. The number of aliphatic hydroxyl groups is 1. The van der Waals surface area contributed by atoms with E-state index in [9.17, 15) is 43.2 Å². The molecule has 0 radical (unpaired) electrons. The summed E-state index contributed by atoms with van der Waals surface area (Å²) in [6.07, 6.45) is 59.4. The molecule has 0 amide bonds. The summed E-state index contributed by atoms with van der Waals surface area (Å²) in [4.78, 5) is 72.8. The highest BCUT2D eigenvalue weighted by molar-refractivity contribution is 7.47. The van der Waals surface area contributed by atoms with Crippen LogP contribution in [0.1, 0.15) is 407 Å². The number of esters is 4. The Labute approximate surface area is 588 Å². The average Bonchev–Trinajstić information content (AvgIpc) is 1.47. The van der Waals surface area contributed by atoms with Crippen LogP contribution in [0.2, 0.25) is 0 Å². The van der Waals surface area contributed by atoms with Crippen molar-refractivity contribution < 1.29 is 80.2 Å². The number of unbranched alkanes of at least 4 members (excludes halogenated alkanes) is 48. The second-order valence-corrected chi connectivity index (χ2v) is 30.9. The SMILES string of the molecule is CCCCCCCCCCCCCCCCCCC(=O)OC[C@H](COP(=O)(O)OC[C@@H](O)COP(=O)(O)OC[C@@H](COC(=O)CCCCCCCCCCCCC)OC(=O)CCCCCCCCCCCCC)OC(=O)CCCCCCCCCCCCCCCCC(C)CC. The van der Waals surface area contributed by atoms with E-state index in [1.807, 2.05) is 0 Å². The van der Waals surface area contributed by atoms with Gasteiger partial charge in [0.2, 0.25) is 0 Å². The number of carbonyl (C=O) groups excluding carboxylic acids is 4. The van der Waals surface area contributed by atoms with E-state index in [4.69, 9.17) is 37.0 Å². The van der Waals surface area contributed by atoms with Gasteiger partial charge >= 0.3 is 39.5 Å². The smallest absolute Gasteiger partial charge is 0.462 e. The van der Waals surface area contributed by atoms with Gasteiger partial charge in [-0.15, -0.1) is 0 Å². The van der Waals surface area contributed by atoms with Crippen molar-refractivity contribution in [1.29, 1.82) is 0 Å². The van der Waals surface area contributed by atoms with Gasteiger partial charge in [-0.25, -0.2) is 9.13 Å². The summed E-state index contributed by atoms with van der Waals surface area (Å²) in [7, 11) is -9.91. The Kier molecular flexibility index (Phi) is 68.7. The van der Waals surface area contributed by atoms with Crippen molar-refractivity contribution in [3.63, 3.8) is 0 Å². The molecule has 17 nitrogen and oxygen atoms in total. The quantitative estimate of drug-likeness (QED) is 0.0222. The molecule has 570 valence electrons. The first-order chi connectivity index (χ1) is 46.6. The van der Waals surface area contributed by atoms with Crippen molar-refractivity contribution in [3.05, 3.63) is 0 Å². The molecule has 0 aliphatic rings. The van der Waals surface area contributed by atoms with Crippen LogP contribution in [-0.2, 0) is 65.4 Å². The summed E-state index contributed by atoms with van der Waals surface area (Å²) in [5, 5.41) is 10.6. The standard InChI is InChI=1S/C77H150O17P2/c1-6-10-13-16-19-22-25-26-27-28-32-37-41-46-51-56-61-75(80)88-67-73(94-77(82)63-58-53-48-43-38-33-30-29-31-36-39-44-49-54-59-70(5)9-4)69-92-96(85,86)90-65-71(78)64-89-95(83,84)91-68-72(93-76(81)62-57-52-47-42-35-24-21-18-15-12-8-3)66-87-74(79)60-55-50-45-40-34-23-20-17-14-11-7-2/h70-73,78H,6-69H2,1-5H3,(H,83,84)(H,85,86)/t70?,71-,72+,73+/m0/s1. The molecule has 0 saturated carbocycles. The minimum atomic E-state index is -4.96. The van der Waals surface area contributed by atoms with Gasteiger partial charge in [0, 0.05) is 25.7 Å². The number of phosphoric acid groups is 2. The summed E-state index contributed by atoms with van der Waals surface area (Å²) < 4.78 is 68.6. The fourth-order valence-corrected chi connectivity index (χ4v) is 13.4. The summed E-state index contributed by atoms with van der Waals surface area (Å²) >= 11 is 0. The fraction of sp³-hybridized carbons (Fsp3) is 0.948. The van der Waals surface area contributed by atoms with Crippen LogP contribution in [0.4, 0.5) is 0 Å². The molecule has 0 aliphatic heterocycles. The molecule has 0 spiro atoms. The third-order valence-corrected chi connectivity index (χ3v) is 20.3. The fourth-order valence-electron chi connectivity index (χ4n) is 11.8. The van der Waals surface area contributed by atoms with Crippen LogP contribution in [-0.4, -0.2) is 96.7 Å².